The molecule has 21 heavy (non-hydrogen) atoms. The van der Waals surface area contributed by atoms with Crippen LogP contribution in [0, 0.1) is 11.8 Å². The Bertz CT molecular complexity index is 442. The molecule has 0 saturated heterocycles. The topological polar surface area (TPSA) is 41.5 Å². The number of methoxy groups -OCH3 is 1. The molecule has 2 fully saturated rings. The van der Waals surface area contributed by atoms with Crippen LogP contribution in [0.4, 0.5) is 0 Å². The van der Waals surface area contributed by atoms with Crippen molar-refractivity contribution in [3.05, 3.63) is 35.9 Å². The van der Waals surface area contributed by atoms with E-state index in [1.807, 2.05) is 18.2 Å². The summed E-state index contributed by atoms with van der Waals surface area (Å²) >= 11 is 0. The zero-order valence-electron chi connectivity index (χ0n) is 13.1. The van der Waals surface area contributed by atoms with E-state index in [0.717, 1.165) is 0 Å². The summed E-state index contributed by atoms with van der Waals surface area (Å²) in [6.45, 7) is 2.83. The molecule has 116 valence electrons. The van der Waals surface area contributed by atoms with Gasteiger partial charge < -0.3 is 15.2 Å². The molecule has 0 amide bonds. The molecule has 2 aliphatic rings. The van der Waals surface area contributed by atoms with Gasteiger partial charge in [-0.15, -0.1) is 0 Å². The minimum Gasteiger partial charge on any atom is -0.388 e. The van der Waals surface area contributed by atoms with E-state index in [1.165, 1.54) is 31.2 Å². The fraction of sp³-hybridized carbons (Fsp3) is 0.667. The zero-order chi connectivity index (χ0) is 14.9. The lowest BCUT2D eigenvalue weighted by atomic mass is 9.91. The number of hydrogen-bond acceptors (Lipinski definition) is 3. The molecule has 0 spiro atoms. The van der Waals surface area contributed by atoms with Gasteiger partial charge in [-0.05, 0) is 50.0 Å². The molecule has 0 heterocycles. The first-order chi connectivity index (χ1) is 10.1. The van der Waals surface area contributed by atoms with Crippen LogP contribution < -0.4 is 5.32 Å². The minimum atomic E-state index is -0.483. The number of rotatable bonds is 8. The van der Waals surface area contributed by atoms with Crippen LogP contribution in [0.3, 0.4) is 0 Å². The van der Waals surface area contributed by atoms with Gasteiger partial charge in [-0.2, -0.15) is 0 Å². The lowest BCUT2D eigenvalue weighted by Gasteiger charge is -2.32. The molecule has 2 N–H and O–H groups in total. The molecular formula is C18H27NO2. The predicted molar refractivity (Wildman–Crippen MR) is 84.1 cm³/mol. The lowest BCUT2D eigenvalue weighted by molar-refractivity contribution is -0.0133. The third-order valence-electron chi connectivity index (χ3n) is 5.11. The van der Waals surface area contributed by atoms with Crippen LogP contribution in [0.25, 0.3) is 0 Å². The number of benzene rings is 1. The van der Waals surface area contributed by atoms with Crippen molar-refractivity contribution < 1.29 is 9.84 Å². The lowest BCUT2D eigenvalue weighted by Crippen LogP contribution is -2.48. The molecule has 2 unspecified atom stereocenters. The largest absolute Gasteiger partial charge is 0.388 e. The summed E-state index contributed by atoms with van der Waals surface area (Å²) in [6, 6.07) is 10.5. The molecular weight excluding hydrogens is 262 g/mol. The summed E-state index contributed by atoms with van der Waals surface area (Å²) in [5, 5.41) is 14.5. The van der Waals surface area contributed by atoms with Gasteiger partial charge in [0.15, 0.2) is 0 Å². The van der Waals surface area contributed by atoms with Gasteiger partial charge in [-0.3, -0.25) is 0 Å². The van der Waals surface area contributed by atoms with Gasteiger partial charge in [0.05, 0.1) is 11.7 Å². The molecule has 2 saturated carbocycles. The third-order valence-corrected chi connectivity index (χ3v) is 5.11. The van der Waals surface area contributed by atoms with Gasteiger partial charge in [0.25, 0.3) is 0 Å². The van der Waals surface area contributed by atoms with Crippen LogP contribution in [-0.2, 0) is 4.74 Å². The second kappa shape index (κ2) is 6.07. The van der Waals surface area contributed by atoms with Crippen molar-refractivity contribution in [2.75, 3.05) is 13.7 Å². The van der Waals surface area contributed by atoms with Crippen molar-refractivity contribution in [3.63, 3.8) is 0 Å². The first kappa shape index (κ1) is 15.0. The standard InChI is InChI=1S/C18H27NO2/c1-13(17(21-2)14-6-4-3-5-7-14)19-12-18(20,15-8-9-15)16-10-11-16/h3-7,13,15-17,19-20H,8-12H2,1-2H3. The van der Waals surface area contributed by atoms with Crippen molar-refractivity contribution in [1.82, 2.24) is 5.32 Å². The molecule has 0 aliphatic heterocycles. The highest BCUT2D eigenvalue weighted by Gasteiger charge is 2.53. The summed E-state index contributed by atoms with van der Waals surface area (Å²) in [7, 11) is 1.75. The first-order valence-corrected chi connectivity index (χ1v) is 8.18. The van der Waals surface area contributed by atoms with Crippen LogP contribution in [0.1, 0.15) is 44.3 Å². The number of nitrogens with one attached hydrogen (secondary N) is 1. The van der Waals surface area contributed by atoms with E-state index < -0.39 is 5.60 Å². The quantitative estimate of drug-likeness (QED) is 0.773. The highest BCUT2D eigenvalue weighted by molar-refractivity contribution is 5.19. The van der Waals surface area contributed by atoms with Gasteiger partial charge in [-0.1, -0.05) is 30.3 Å². The highest BCUT2D eigenvalue weighted by Crippen LogP contribution is 2.51. The maximum Gasteiger partial charge on any atom is 0.0971 e. The maximum atomic E-state index is 11.0. The molecule has 0 bridgehead atoms. The Morgan fingerprint density at radius 1 is 1.19 bits per heavy atom. The first-order valence-electron chi connectivity index (χ1n) is 8.18. The van der Waals surface area contributed by atoms with Crippen LogP contribution in [-0.4, -0.2) is 30.4 Å². The van der Waals surface area contributed by atoms with Gasteiger partial charge in [0, 0.05) is 19.7 Å². The van der Waals surface area contributed by atoms with Gasteiger partial charge in [0.1, 0.15) is 0 Å². The summed E-state index contributed by atoms with van der Waals surface area (Å²) in [5.74, 6) is 1.03. The number of hydrogen-bond donors (Lipinski definition) is 2. The highest BCUT2D eigenvalue weighted by atomic mass is 16.5. The zero-order valence-corrected chi connectivity index (χ0v) is 13.1. The average molecular weight is 289 g/mol. The van der Waals surface area contributed by atoms with Crippen molar-refractivity contribution in [2.24, 2.45) is 11.8 Å². The predicted octanol–water partition coefficient (Wildman–Crippen LogP) is 2.90. The van der Waals surface area contributed by atoms with E-state index in [-0.39, 0.29) is 12.1 Å². The monoisotopic (exact) mass is 289 g/mol. The number of ether oxygens (including phenoxy) is 1. The summed E-state index contributed by atoms with van der Waals surface area (Å²) in [5.41, 5.74) is 0.699. The molecule has 2 aliphatic carbocycles. The fourth-order valence-electron chi connectivity index (χ4n) is 3.49. The second-order valence-electron chi connectivity index (χ2n) is 6.78. The van der Waals surface area contributed by atoms with Crippen LogP contribution in [0.2, 0.25) is 0 Å². The summed E-state index contributed by atoms with van der Waals surface area (Å²) in [4.78, 5) is 0. The van der Waals surface area contributed by atoms with Crippen LogP contribution in [0.5, 0.6) is 0 Å². The van der Waals surface area contributed by atoms with Crippen molar-refractivity contribution in [1.29, 1.82) is 0 Å². The van der Waals surface area contributed by atoms with Gasteiger partial charge >= 0.3 is 0 Å². The Balaban J connectivity index is 1.61. The third kappa shape index (κ3) is 3.31. The minimum absolute atomic E-state index is 0.0221. The van der Waals surface area contributed by atoms with Crippen LogP contribution >= 0.6 is 0 Å². The molecule has 3 nitrogen and oxygen atoms in total. The normalized spacial score (nSPS) is 22.0. The molecule has 3 heteroatoms. The molecule has 1 aromatic carbocycles. The Kier molecular flexibility index (Phi) is 4.34. The van der Waals surface area contributed by atoms with E-state index in [0.29, 0.717) is 18.4 Å². The molecule has 2 atom stereocenters. The molecule has 0 radical (unpaired) electrons. The van der Waals surface area contributed by atoms with Crippen molar-refractivity contribution in [3.8, 4) is 0 Å². The van der Waals surface area contributed by atoms with E-state index in [2.05, 4.69) is 24.4 Å². The van der Waals surface area contributed by atoms with Crippen LogP contribution in [0.15, 0.2) is 30.3 Å². The Morgan fingerprint density at radius 2 is 1.76 bits per heavy atom. The molecule has 3 rings (SSSR count). The van der Waals surface area contributed by atoms with E-state index in [1.54, 1.807) is 7.11 Å². The molecule has 0 aromatic heterocycles. The van der Waals surface area contributed by atoms with Crippen molar-refractivity contribution in [2.45, 2.75) is 50.4 Å². The van der Waals surface area contributed by atoms with Crippen molar-refractivity contribution >= 4 is 0 Å². The second-order valence-corrected chi connectivity index (χ2v) is 6.78. The Hall–Kier alpha value is -0.900. The Labute approximate surface area is 127 Å². The van der Waals surface area contributed by atoms with Gasteiger partial charge in [0.2, 0.25) is 0 Å². The van der Waals surface area contributed by atoms with E-state index in [4.69, 9.17) is 4.74 Å². The Morgan fingerprint density at radius 3 is 2.24 bits per heavy atom. The summed E-state index contributed by atoms with van der Waals surface area (Å²) < 4.78 is 5.67. The van der Waals surface area contributed by atoms with E-state index in [9.17, 15) is 5.11 Å². The fourth-order valence-corrected chi connectivity index (χ4v) is 3.49. The smallest absolute Gasteiger partial charge is 0.0971 e. The maximum absolute atomic E-state index is 11.0. The molecule has 1 aromatic rings. The van der Waals surface area contributed by atoms with Gasteiger partial charge in [-0.25, -0.2) is 0 Å². The SMILES string of the molecule is COC(c1ccccc1)C(C)NCC(O)(C1CC1)C1CC1. The summed E-state index contributed by atoms with van der Waals surface area (Å²) in [6.07, 6.45) is 4.78. The van der Waals surface area contributed by atoms with E-state index >= 15 is 0 Å². The average Bonchev–Trinajstić information content (AvgIpc) is 3.38. The number of aliphatic hydroxyl groups is 1.